The van der Waals surface area contributed by atoms with Gasteiger partial charge in [-0.1, -0.05) is 6.07 Å². The third kappa shape index (κ3) is 3.09. The van der Waals surface area contributed by atoms with Gasteiger partial charge in [0.2, 0.25) is 0 Å². The summed E-state index contributed by atoms with van der Waals surface area (Å²) in [5.74, 6) is 2.26. The second-order valence-corrected chi connectivity index (χ2v) is 8.45. The summed E-state index contributed by atoms with van der Waals surface area (Å²) >= 11 is 5.88. The largest absolute Gasteiger partial charge is 0.328 e. The fourth-order valence-corrected chi connectivity index (χ4v) is 5.06. The van der Waals surface area contributed by atoms with Crippen molar-refractivity contribution in [3.05, 3.63) is 29.6 Å². The number of hydrogen-bond acceptors (Lipinski definition) is 3. The Hall–Kier alpha value is -1.07. The van der Waals surface area contributed by atoms with Gasteiger partial charge in [0.25, 0.3) is 0 Å². The first-order valence-corrected chi connectivity index (χ1v) is 9.56. The quantitative estimate of drug-likeness (QED) is 0.811. The highest BCUT2D eigenvalue weighted by atomic mass is 35.5. The van der Waals surface area contributed by atoms with Crippen molar-refractivity contribution in [1.82, 2.24) is 9.55 Å². The van der Waals surface area contributed by atoms with E-state index in [1.54, 1.807) is 0 Å². The van der Waals surface area contributed by atoms with Crippen molar-refractivity contribution in [3.63, 3.8) is 0 Å². The monoisotopic (exact) mass is 326 g/mol. The van der Waals surface area contributed by atoms with Gasteiger partial charge in [-0.2, -0.15) is 0 Å². The van der Waals surface area contributed by atoms with E-state index in [2.05, 4.69) is 27.8 Å². The van der Waals surface area contributed by atoms with Gasteiger partial charge in [0.05, 0.1) is 22.5 Å². The molecule has 0 aliphatic carbocycles. The lowest BCUT2D eigenvalue weighted by Crippen LogP contribution is -2.15. The van der Waals surface area contributed by atoms with E-state index in [1.807, 2.05) is 6.92 Å². The summed E-state index contributed by atoms with van der Waals surface area (Å²) in [6.07, 6.45) is 1.45. The summed E-state index contributed by atoms with van der Waals surface area (Å²) in [4.78, 5) is 4.67. The van der Waals surface area contributed by atoms with Crippen LogP contribution in [0.2, 0.25) is 0 Å². The Morgan fingerprint density at radius 2 is 2.24 bits per heavy atom. The molecule has 1 aromatic heterocycles. The van der Waals surface area contributed by atoms with Crippen LogP contribution in [0.3, 0.4) is 0 Å². The number of aryl methyl sites for hydroxylation is 2. The zero-order chi connectivity index (χ0) is 15.0. The highest BCUT2D eigenvalue weighted by molar-refractivity contribution is 7.91. The van der Waals surface area contributed by atoms with Crippen molar-refractivity contribution in [3.8, 4) is 0 Å². The molecule has 0 saturated carbocycles. The second kappa shape index (κ2) is 5.61. The maximum Gasteiger partial charge on any atom is 0.150 e. The van der Waals surface area contributed by atoms with Gasteiger partial charge in [-0.25, -0.2) is 13.4 Å². The maximum absolute atomic E-state index is 11.6. The molecule has 6 heteroatoms. The topological polar surface area (TPSA) is 52.0 Å². The van der Waals surface area contributed by atoms with Gasteiger partial charge >= 0.3 is 0 Å². The van der Waals surface area contributed by atoms with Crippen LogP contribution in [0.15, 0.2) is 18.2 Å². The van der Waals surface area contributed by atoms with Crippen LogP contribution in [-0.2, 0) is 22.8 Å². The van der Waals surface area contributed by atoms with E-state index in [9.17, 15) is 8.42 Å². The normalized spacial score (nSPS) is 21.1. The number of sulfone groups is 1. The van der Waals surface area contributed by atoms with Crippen LogP contribution in [0.4, 0.5) is 0 Å². The molecule has 114 valence electrons. The van der Waals surface area contributed by atoms with Crippen LogP contribution in [0.1, 0.15) is 17.8 Å². The third-order valence-corrected chi connectivity index (χ3v) is 6.09. The van der Waals surface area contributed by atoms with Gasteiger partial charge in [-0.05, 0) is 37.0 Å². The zero-order valence-electron chi connectivity index (χ0n) is 12.0. The summed E-state index contributed by atoms with van der Waals surface area (Å²) < 4.78 is 25.4. The standard InChI is InChI=1S/C15H19ClN2O2S/c1-11-2-3-14-13(8-11)17-15(4-6-16)18(14)9-12-5-7-21(19,20)10-12/h2-3,8,12H,4-7,9-10H2,1H3. The first kappa shape index (κ1) is 14.9. The minimum Gasteiger partial charge on any atom is -0.328 e. The Bertz CT molecular complexity index is 767. The highest BCUT2D eigenvalue weighted by Crippen LogP contribution is 2.25. The molecular formula is C15H19ClN2O2S. The number of benzene rings is 1. The Balaban J connectivity index is 1.97. The number of nitrogens with zero attached hydrogens (tertiary/aromatic N) is 2. The van der Waals surface area contributed by atoms with Gasteiger partial charge in [0, 0.05) is 18.8 Å². The molecule has 2 aromatic rings. The van der Waals surface area contributed by atoms with Gasteiger partial charge in [-0.3, -0.25) is 0 Å². The summed E-state index contributed by atoms with van der Waals surface area (Å²) in [7, 11) is -2.84. The SMILES string of the molecule is Cc1ccc2c(c1)nc(CCCl)n2CC1CCS(=O)(=O)C1. The van der Waals surface area contributed by atoms with Gasteiger partial charge in [0.15, 0.2) is 9.84 Å². The average Bonchev–Trinajstić information content (AvgIpc) is 2.91. The third-order valence-electron chi connectivity index (χ3n) is 4.07. The molecule has 1 atom stereocenters. The second-order valence-electron chi connectivity index (χ2n) is 5.84. The molecule has 21 heavy (non-hydrogen) atoms. The highest BCUT2D eigenvalue weighted by Gasteiger charge is 2.29. The van der Waals surface area contributed by atoms with Crippen molar-refractivity contribution in [2.75, 3.05) is 17.4 Å². The lowest BCUT2D eigenvalue weighted by Gasteiger charge is -2.13. The lowest BCUT2D eigenvalue weighted by atomic mass is 10.1. The van der Waals surface area contributed by atoms with Gasteiger partial charge < -0.3 is 4.57 Å². The molecule has 2 heterocycles. The van der Waals surface area contributed by atoms with Crippen LogP contribution < -0.4 is 0 Å². The van der Waals surface area contributed by atoms with Crippen molar-refractivity contribution >= 4 is 32.5 Å². The van der Waals surface area contributed by atoms with E-state index in [0.29, 0.717) is 30.4 Å². The van der Waals surface area contributed by atoms with E-state index in [1.165, 1.54) is 5.56 Å². The Morgan fingerprint density at radius 1 is 1.43 bits per heavy atom. The van der Waals surface area contributed by atoms with Crippen molar-refractivity contribution in [2.45, 2.75) is 26.3 Å². The van der Waals surface area contributed by atoms with E-state index >= 15 is 0 Å². The van der Waals surface area contributed by atoms with Crippen molar-refractivity contribution in [1.29, 1.82) is 0 Å². The summed E-state index contributed by atoms with van der Waals surface area (Å²) in [5, 5.41) is 0. The van der Waals surface area contributed by atoms with Crippen LogP contribution in [0, 0.1) is 12.8 Å². The number of imidazole rings is 1. The smallest absolute Gasteiger partial charge is 0.150 e. The number of hydrogen-bond donors (Lipinski definition) is 0. The van der Waals surface area contributed by atoms with E-state index in [0.717, 1.165) is 23.3 Å². The minimum atomic E-state index is -2.84. The molecule has 1 aliphatic rings. The number of rotatable bonds is 4. The first-order valence-electron chi connectivity index (χ1n) is 7.20. The van der Waals surface area contributed by atoms with Gasteiger partial charge in [-0.15, -0.1) is 11.6 Å². The number of fused-ring (bicyclic) bond motifs is 1. The predicted molar refractivity (Wildman–Crippen MR) is 85.7 cm³/mol. The van der Waals surface area contributed by atoms with Gasteiger partial charge in [0.1, 0.15) is 5.82 Å². The molecule has 0 bridgehead atoms. The van der Waals surface area contributed by atoms with E-state index in [-0.39, 0.29) is 5.92 Å². The molecule has 1 aromatic carbocycles. The zero-order valence-corrected chi connectivity index (χ0v) is 13.6. The molecule has 1 unspecified atom stereocenters. The first-order chi connectivity index (χ1) is 9.98. The van der Waals surface area contributed by atoms with Crippen LogP contribution in [0.25, 0.3) is 11.0 Å². The maximum atomic E-state index is 11.6. The van der Waals surface area contributed by atoms with Crippen LogP contribution in [0.5, 0.6) is 0 Å². The van der Waals surface area contributed by atoms with Crippen molar-refractivity contribution < 1.29 is 8.42 Å². The Morgan fingerprint density at radius 3 is 2.90 bits per heavy atom. The van der Waals surface area contributed by atoms with Crippen LogP contribution >= 0.6 is 11.6 Å². The molecule has 3 rings (SSSR count). The molecule has 0 radical (unpaired) electrons. The molecule has 1 fully saturated rings. The van der Waals surface area contributed by atoms with E-state index < -0.39 is 9.84 Å². The Kier molecular flexibility index (Phi) is 3.97. The summed E-state index contributed by atoms with van der Waals surface area (Å²) in [6.45, 7) is 2.76. The predicted octanol–water partition coefficient (Wildman–Crippen LogP) is 2.56. The van der Waals surface area contributed by atoms with E-state index in [4.69, 9.17) is 11.6 Å². The Labute approximate surface area is 130 Å². The van der Waals surface area contributed by atoms with Crippen LogP contribution in [-0.4, -0.2) is 35.4 Å². The molecular weight excluding hydrogens is 308 g/mol. The number of aromatic nitrogens is 2. The fourth-order valence-electron chi connectivity index (χ4n) is 3.04. The fraction of sp³-hybridized carbons (Fsp3) is 0.533. The number of halogens is 1. The lowest BCUT2D eigenvalue weighted by molar-refractivity contribution is 0.488. The summed E-state index contributed by atoms with van der Waals surface area (Å²) in [5.41, 5.74) is 3.22. The minimum absolute atomic E-state index is 0.183. The molecule has 0 amide bonds. The average molecular weight is 327 g/mol. The molecule has 1 aliphatic heterocycles. The van der Waals surface area contributed by atoms with Crippen molar-refractivity contribution in [2.24, 2.45) is 5.92 Å². The molecule has 0 N–H and O–H groups in total. The molecule has 1 saturated heterocycles. The molecule has 0 spiro atoms. The molecule has 4 nitrogen and oxygen atoms in total. The summed E-state index contributed by atoms with van der Waals surface area (Å²) in [6, 6.07) is 6.20. The number of alkyl halides is 1.